The number of allylic oxidation sites excluding steroid dienone is 1. The van der Waals surface area contributed by atoms with E-state index in [1.807, 2.05) is 29.8 Å². The maximum atomic E-state index is 12.9. The van der Waals surface area contributed by atoms with Gasteiger partial charge in [-0.15, -0.1) is 0 Å². The second-order valence-electron chi connectivity index (χ2n) is 4.20. The minimum Gasteiger partial charge on any atom is -0.361 e. The van der Waals surface area contributed by atoms with Crippen LogP contribution in [0.15, 0.2) is 42.6 Å². The smallest absolute Gasteiger partial charge is 0.123 e. The summed E-state index contributed by atoms with van der Waals surface area (Å²) in [6.45, 7) is 3.00. The lowest BCUT2D eigenvalue weighted by Crippen LogP contribution is -2.02. The van der Waals surface area contributed by atoms with Gasteiger partial charge < -0.3 is 9.30 Å². The molecule has 0 unspecified atom stereocenters. The fraction of sp³-hybridized carbons (Fsp3) is 0.188. The van der Waals surface area contributed by atoms with Gasteiger partial charge in [-0.1, -0.05) is 12.1 Å². The maximum Gasteiger partial charge on any atom is 0.123 e. The van der Waals surface area contributed by atoms with Crippen molar-refractivity contribution in [2.45, 2.75) is 13.7 Å². The van der Waals surface area contributed by atoms with Crippen molar-refractivity contribution in [3.63, 3.8) is 0 Å². The lowest BCUT2D eigenvalue weighted by atomic mass is 10.1. The molecule has 1 aromatic carbocycles. The number of rotatable bonds is 5. The lowest BCUT2D eigenvalue weighted by molar-refractivity contribution is 0.0877. The van der Waals surface area contributed by atoms with Gasteiger partial charge in [0.15, 0.2) is 0 Å². The van der Waals surface area contributed by atoms with E-state index in [9.17, 15) is 9.65 Å². The number of benzene rings is 1. The molecule has 0 saturated carbocycles. The summed E-state index contributed by atoms with van der Waals surface area (Å²) in [7, 11) is 0. The number of ether oxygens (including phenoxy) is 1. The predicted octanol–water partition coefficient (Wildman–Crippen LogP) is 3.69. The fourth-order valence-corrected chi connectivity index (χ4v) is 1.82. The Labute approximate surface area is 117 Å². The van der Waals surface area contributed by atoms with Gasteiger partial charge in [0.25, 0.3) is 0 Å². The maximum absolute atomic E-state index is 12.9. The van der Waals surface area contributed by atoms with E-state index in [0.29, 0.717) is 24.5 Å². The van der Waals surface area contributed by atoms with Gasteiger partial charge in [-0.25, -0.2) is 4.39 Å². The third-order valence-corrected chi connectivity index (χ3v) is 2.87. The summed E-state index contributed by atoms with van der Waals surface area (Å²) in [6, 6.07) is 11.8. The summed E-state index contributed by atoms with van der Waals surface area (Å²) < 4.78 is 20.2. The Kier molecular flexibility index (Phi) is 4.70. The molecule has 0 amide bonds. The molecule has 0 N–H and O–H groups in total. The molecule has 2 rings (SSSR count). The summed E-state index contributed by atoms with van der Waals surface area (Å²) in [5, 5.41) is 9.26. The second-order valence-corrected chi connectivity index (χ2v) is 4.20. The van der Waals surface area contributed by atoms with Crippen molar-refractivity contribution in [1.82, 2.24) is 4.57 Å². The Morgan fingerprint density at radius 2 is 2.10 bits per heavy atom. The Morgan fingerprint density at radius 3 is 2.75 bits per heavy atom. The third-order valence-electron chi connectivity index (χ3n) is 2.87. The van der Waals surface area contributed by atoms with Crippen molar-refractivity contribution in [2.24, 2.45) is 0 Å². The zero-order chi connectivity index (χ0) is 14.4. The average molecular weight is 270 g/mol. The van der Waals surface area contributed by atoms with Gasteiger partial charge in [0, 0.05) is 18.5 Å². The van der Waals surface area contributed by atoms with Crippen LogP contribution in [-0.2, 0) is 11.5 Å². The van der Waals surface area contributed by atoms with Crippen molar-refractivity contribution in [3.05, 3.63) is 59.7 Å². The molecule has 0 bridgehead atoms. The van der Waals surface area contributed by atoms with Crippen LogP contribution in [0.1, 0.15) is 18.2 Å². The summed E-state index contributed by atoms with van der Waals surface area (Å²) in [4.78, 5) is 0. The fourth-order valence-electron chi connectivity index (χ4n) is 1.82. The first kappa shape index (κ1) is 14.0. The second kappa shape index (κ2) is 6.69. The first-order valence-corrected chi connectivity index (χ1v) is 6.35. The van der Waals surface area contributed by atoms with Gasteiger partial charge in [0.05, 0.1) is 11.6 Å². The van der Waals surface area contributed by atoms with Crippen LogP contribution in [0.5, 0.6) is 0 Å². The van der Waals surface area contributed by atoms with Crippen molar-refractivity contribution < 1.29 is 9.13 Å². The number of halogens is 1. The zero-order valence-corrected chi connectivity index (χ0v) is 11.2. The molecule has 0 saturated heterocycles. The van der Waals surface area contributed by atoms with Crippen molar-refractivity contribution in [1.29, 1.82) is 5.26 Å². The van der Waals surface area contributed by atoms with E-state index >= 15 is 0 Å². The molecule has 102 valence electrons. The monoisotopic (exact) mass is 270 g/mol. The van der Waals surface area contributed by atoms with Crippen molar-refractivity contribution >= 4 is 11.6 Å². The Balaban J connectivity index is 2.30. The van der Waals surface area contributed by atoms with E-state index in [1.54, 1.807) is 18.2 Å². The van der Waals surface area contributed by atoms with Crippen LogP contribution in [0.4, 0.5) is 4.39 Å². The molecule has 1 heterocycles. The predicted molar refractivity (Wildman–Crippen MR) is 75.9 cm³/mol. The summed E-state index contributed by atoms with van der Waals surface area (Å²) >= 11 is 0. The van der Waals surface area contributed by atoms with Crippen LogP contribution in [-0.4, -0.2) is 11.2 Å². The minimum absolute atomic E-state index is 0.314. The molecule has 0 fully saturated rings. The van der Waals surface area contributed by atoms with Crippen molar-refractivity contribution in [3.8, 4) is 6.07 Å². The Hall–Kier alpha value is -2.38. The molecule has 0 aliphatic carbocycles. The highest BCUT2D eigenvalue weighted by atomic mass is 19.1. The van der Waals surface area contributed by atoms with Gasteiger partial charge in [0.1, 0.15) is 12.5 Å². The van der Waals surface area contributed by atoms with Crippen LogP contribution >= 0.6 is 0 Å². The molecule has 3 nitrogen and oxygen atoms in total. The van der Waals surface area contributed by atoms with Crippen LogP contribution in [0.25, 0.3) is 11.6 Å². The van der Waals surface area contributed by atoms with E-state index < -0.39 is 0 Å². The SMILES string of the molecule is CCOCn1cccc1/C=C(\C#N)c1ccc(F)cc1. The quantitative estimate of drug-likeness (QED) is 0.777. The molecular weight excluding hydrogens is 255 g/mol. The molecule has 0 aliphatic rings. The van der Waals surface area contributed by atoms with E-state index in [-0.39, 0.29) is 5.82 Å². The first-order valence-electron chi connectivity index (χ1n) is 6.35. The van der Waals surface area contributed by atoms with Crippen LogP contribution in [0.3, 0.4) is 0 Å². The highest BCUT2D eigenvalue weighted by molar-refractivity contribution is 5.89. The summed E-state index contributed by atoms with van der Waals surface area (Å²) in [6.07, 6.45) is 3.66. The number of nitriles is 1. The lowest BCUT2D eigenvalue weighted by Gasteiger charge is -2.07. The third kappa shape index (κ3) is 3.34. The van der Waals surface area contributed by atoms with Gasteiger partial charge in [-0.3, -0.25) is 0 Å². The Bertz CT molecular complexity index is 635. The van der Waals surface area contributed by atoms with E-state index in [1.165, 1.54) is 12.1 Å². The zero-order valence-electron chi connectivity index (χ0n) is 11.2. The summed E-state index contributed by atoms with van der Waals surface area (Å²) in [5.41, 5.74) is 2.05. The van der Waals surface area contributed by atoms with Crippen LogP contribution in [0.2, 0.25) is 0 Å². The van der Waals surface area contributed by atoms with Gasteiger partial charge >= 0.3 is 0 Å². The molecule has 0 radical (unpaired) electrons. The largest absolute Gasteiger partial charge is 0.361 e. The number of hydrogen-bond donors (Lipinski definition) is 0. The Morgan fingerprint density at radius 1 is 1.35 bits per heavy atom. The van der Waals surface area contributed by atoms with Crippen LogP contribution in [0, 0.1) is 17.1 Å². The molecule has 4 heteroatoms. The van der Waals surface area contributed by atoms with Gasteiger partial charge in [0.2, 0.25) is 0 Å². The van der Waals surface area contributed by atoms with Gasteiger partial charge in [-0.05, 0) is 42.8 Å². The molecule has 0 aliphatic heterocycles. The highest BCUT2D eigenvalue weighted by Gasteiger charge is 2.04. The normalized spacial score (nSPS) is 11.3. The van der Waals surface area contributed by atoms with E-state index in [0.717, 1.165) is 5.69 Å². The molecule has 2 aromatic rings. The minimum atomic E-state index is -0.314. The van der Waals surface area contributed by atoms with Crippen molar-refractivity contribution in [2.75, 3.05) is 6.61 Å². The standard InChI is InChI=1S/C16H15FN2O/c1-2-20-12-19-9-3-4-16(19)10-14(11-18)13-5-7-15(17)8-6-13/h3-10H,2,12H2,1H3/b14-10+. The number of aromatic nitrogens is 1. The number of hydrogen-bond acceptors (Lipinski definition) is 2. The van der Waals surface area contributed by atoms with Crippen LogP contribution < -0.4 is 0 Å². The topological polar surface area (TPSA) is 38.0 Å². The molecule has 0 atom stereocenters. The first-order chi connectivity index (χ1) is 9.74. The molecule has 0 spiro atoms. The van der Waals surface area contributed by atoms with E-state index in [2.05, 4.69) is 6.07 Å². The number of nitrogens with zero attached hydrogens (tertiary/aromatic N) is 2. The summed E-state index contributed by atoms with van der Waals surface area (Å²) in [5.74, 6) is -0.314. The highest BCUT2D eigenvalue weighted by Crippen LogP contribution is 2.18. The van der Waals surface area contributed by atoms with Gasteiger partial charge in [-0.2, -0.15) is 5.26 Å². The molecule has 20 heavy (non-hydrogen) atoms. The van der Waals surface area contributed by atoms with E-state index in [4.69, 9.17) is 4.74 Å². The molecular formula is C16H15FN2O. The molecule has 1 aromatic heterocycles. The average Bonchev–Trinajstić information content (AvgIpc) is 2.91.